The average molecular weight is 304 g/mol. The lowest BCUT2D eigenvalue weighted by Gasteiger charge is -2.08. The van der Waals surface area contributed by atoms with Crippen molar-refractivity contribution in [1.82, 2.24) is 0 Å². The van der Waals surface area contributed by atoms with Gasteiger partial charge in [-0.3, -0.25) is 4.79 Å². The molecule has 4 N–H and O–H groups in total. The van der Waals surface area contributed by atoms with Crippen LogP contribution in [-0.2, 0) is 14.8 Å². The number of benzene rings is 1. The third kappa shape index (κ3) is 5.54. The number of hydrogen-bond acceptors (Lipinski definition) is 4. The minimum Gasteiger partial charge on any atom is -0.481 e. The zero-order valence-electron chi connectivity index (χ0n) is 10.8. The van der Waals surface area contributed by atoms with Crippen LogP contribution in [0.3, 0.4) is 0 Å². The highest BCUT2D eigenvalue weighted by Crippen LogP contribution is 2.18. The van der Waals surface area contributed by atoms with Crippen molar-refractivity contribution in [3.05, 3.63) is 24.0 Å². The third-order valence-electron chi connectivity index (χ3n) is 2.65. The summed E-state index contributed by atoms with van der Waals surface area (Å²) in [6.07, 6.45) is 2.11. The molecule has 1 aromatic carbocycles. The largest absolute Gasteiger partial charge is 0.481 e. The summed E-state index contributed by atoms with van der Waals surface area (Å²) in [5, 5.41) is 16.2. The highest BCUT2D eigenvalue weighted by molar-refractivity contribution is 7.89. The standard InChI is InChI=1S/C12H17FN2O4S/c13-10-8-9(20(14,18)19)5-6-11(10)15-7-3-1-2-4-12(16)17/h5-6,8,15H,1-4,7H2,(H,16,17)(H2,14,18,19). The van der Waals surface area contributed by atoms with Crippen LogP contribution in [0.15, 0.2) is 23.1 Å². The first-order valence-electron chi connectivity index (χ1n) is 6.09. The van der Waals surface area contributed by atoms with E-state index in [1.807, 2.05) is 0 Å². The van der Waals surface area contributed by atoms with Crippen LogP contribution in [0, 0.1) is 5.82 Å². The Morgan fingerprint density at radius 3 is 2.55 bits per heavy atom. The van der Waals surface area contributed by atoms with E-state index in [0.29, 0.717) is 19.4 Å². The monoisotopic (exact) mass is 304 g/mol. The Bertz CT molecular complexity index is 575. The van der Waals surface area contributed by atoms with Gasteiger partial charge in [0.1, 0.15) is 5.82 Å². The average Bonchev–Trinajstić information content (AvgIpc) is 2.33. The van der Waals surface area contributed by atoms with E-state index >= 15 is 0 Å². The Morgan fingerprint density at radius 1 is 1.30 bits per heavy atom. The van der Waals surface area contributed by atoms with E-state index in [-0.39, 0.29) is 17.0 Å². The number of carbonyl (C=O) groups is 1. The van der Waals surface area contributed by atoms with E-state index in [1.54, 1.807) is 0 Å². The van der Waals surface area contributed by atoms with Gasteiger partial charge in [0, 0.05) is 13.0 Å². The van der Waals surface area contributed by atoms with Crippen molar-refractivity contribution in [3.8, 4) is 0 Å². The maximum atomic E-state index is 13.6. The van der Waals surface area contributed by atoms with E-state index in [0.717, 1.165) is 12.5 Å². The maximum Gasteiger partial charge on any atom is 0.303 e. The van der Waals surface area contributed by atoms with Crippen LogP contribution in [-0.4, -0.2) is 26.0 Å². The van der Waals surface area contributed by atoms with E-state index in [1.165, 1.54) is 12.1 Å². The molecule has 0 heterocycles. The normalized spacial score (nSPS) is 11.3. The molecule has 0 fully saturated rings. The third-order valence-corrected chi connectivity index (χ3v) is 3.56. The molecule has 0 aliphatic carbocycles. The van der Waals surface area contributed by atoms with Crippen molar-refractivity contribution in [2.45, 2.75) is 30.6 Å². The van der Waals surface area contributed by atoms with Crippen LogP contribution in [0.1, 0.15) is 25.7 Å². The zero-order chi connectivity index (χ0) is 15.2. The second kappa shape index (κ2) is 7.20. The van der Waals surface area contributed by atoms with Gasteiger partial charge in [0.05, 0.1) is 10.6 Å². The number of sulfonamides is 1. The molecule has 0 radical (unpaired) electrons. The van der Waals surface area contributed by atoms with Gasteiger partial charge in [0.2, 0.25) is 10.0 Å². The van der Waals surface area contributed by atoms with Gasteiger partial charge in [-0.2, -0.15) is 0 Å². The molecule has 0 aliphatic heterocycles. The molecule has 0 saturated heterocycles. The fourth-order valence-corrected chi connectivity index (χ4v) is 2.14. The molecule has 0 saturated carbocycles. The lowest BCUT2D eigenvalue weighted by atomic mass is 10.2. The van der Waals surface area contributed by atoms with Crippen LogP contribution in [0.2, 0.25) is 0 Å². The Labute approximate surface area is 116 Å². The molecule has 8 heteroatoms. The first-order valence-corrected chi connectivity index (χ1v) is 7.63. The number of primary sulfonamides is 1. The topological polar surface area (TPSA) is 109 Å². The molecule has 0 aromatic heterocycles. The summed E-state index contributed by atoms with van der Waals surface area (Å²) in [4.78, 5) is 10.0. The fourth-order valence-electron chi connectivity index (χ4n) is 1.62. The van der Waals surface area contributed by atoms with Gasteiger partial charge in [0.25, 0.3) is 0 Å². The summed E-state index contributed by atoms with van der Waals surface area (Å²) in [6, 6.07) is 3.40. The van der Waals surface area contributed by atoms with Gasteiger partial charge in [0.15, 0.2) is 0 Å². The molecule has 0 aliphatic rings. The quantitative estimate of drug-likeness (QED) is 0.631. The minimum atomic E-state index is -3.91. The van der Waals surface area contributed by atoms with Crippen molar-refractivity contribution < 1.29 is 22.7 Å². The first kappa shape index (κ1) is 16.4. The number of carboxylic acids is 1. The van der Waals surface area contributed by atoms with Crippen LogP contribution < -0.4 is 10.5 Å². The number of carboxylic acid groups (broad SMARTS) is 1. The minimum absolute atomic E-state index is 0.122. The number of nitrogens with two attached hydrogens (primary N) is 1. The van der Waals surface area contributed by atoms with Gasteiger partial charge in [-0.25, -0.2) is 17.9 Å². The molecule has 6 nitrogen and oxygen atoms in total. The molecule has 20 heavy (non-hydrogen) atoms. The molecular weight excluding hydrogens is 287 g/mol. The summed E-state index contributed by atoms with van der Waals surface area (Å²) in [7, 11) is -3.91. The zero-order valence-corrected chi connectivity index (χ0v) is 11.6. The van der Waals surface area contributed by atoms with Crippen LogP contribution in [0.4, 0.5) is 10.1 Å². The predicted octanol–water partition coefficient (Wildman–Crippen LogP) is 1.53. The second-order valence-electron chi connectivity index (χ2n) is 4.32. The van der Waals surface area contributed by atoms with Crippen LogP contribution >= 0.6 is 0 Å². The summed E-state index contributed by atoms with van der Waals surface area (Å²) in [5.74, 6) is -1.52. The summed E-state index contributed by atoms with van der Waals surface area (Å²) in [6.45, 7) is 0.477. The molecule has 0 bridgehead atoms. The molecule has 1 aromatic rings. The van der Waals surface area contributed by atoms with E-state index in [9.17, 15) is 17.6 Å². The molecule has 1 rings (SSSR count). The molecule has 0 amide bonds. The maximum absolute atomic E-state index is 13.6. The fraction of sp³-hybridized carbons (Fsp3) is 0.417. The lowest BCUT2D eigenvalue weighted by Crippen LogP contribution is -2.13. The second-order valence-corrected chi connectivity index (χ2v) is 5.88. The number of rotatable bonds is 8. The number of aliphatic carboxylic acids is 1. The number of hydrogen-bond donors (Lipinski definition) is 3. The van der Waals surface area contributed by atoms with Gasteiger partial charge in [-0.05, 0) is 31.0 Å². The van der Waals surface area contributed by atoms with Crippen molar-refractivity contribution in [2.24, 2.45) is 5.14 Å². The van der Waals surface area contributed by atoms with Crippen molar-refractivity contribution in [1.29, 1.82) is 0 Å². The Hall–Kier alpha value is -1.67. The van der Waals surface area contributed by atoms with E-state index in [4.69, 9.17) is 10.2 Å². The van der Waals surface area contributed by atoms with E-state index in [2.05, 4.69) is 5.32 Å². The van der Waals surface area contributed by atoms with Gasteiger partial charge in [-0.15, -0.1) is 0 Å². The molecular formula is C12H17FN2O4S. The van der Waals surface area contributed by atoms with Gasteiger partial charge in [-0.1, -0.05) is 6.42 Å². The summed E-state index contributed by atoms with van der Waals surface area (Å²) >= 11 is 0. The van der Waals surface area contributed by atoms with Crippen LogP contribution in [0.25, 0.3) is 0 Å². The Morgan fingerprint density at radius 2 is 2.00 bits per heavy atom. The highest BCUT2D eigenvalue weighted by atomic mass is 32.2. The molecule has 0 unspecified atom stereocenters. The van der Waals surface area contributed by atoms with Gasteiger partial charge < -0.3 is 10.4 Å². The molecule has 0 spiro atoms. The SMILES string of the molecule is NS(=O)(=O)c1ccc(NCCCCCC(=O)O)c(F)c1. The number of halogens is 1. The number of anilines is 1. The van der Waals surface area contributed by atoms with Gasteiger partial charge >= 0.3 is 5.97 Å². The number of nitrogens with one attached hydrogen (secondary N) is 1. The van der Waals surface area contributed by atoms with Crippen molar-refractivity contribution in [2.75, 3.05) is 11.9 Å². The predicted molar refractivity (Wildman–Crippen MR) is 72.4 cm³/mol. The summed E-state index contributed by atoms with van der Waals surface area (Å²) < 4.78 is 35.7. The Kier molecular flexibility index (Phi) is 5.90. The first-order chi connectivity index (χ1) is 9.30. The number of unbranched alkanes of at least 4 members (excludes halogenated alkanes) is 2. The van der Waals surface area contributed by atoms with E-state index < -0.39 is 21.8 Å². The highest BCUT2D eigenvalue weighted by Gasteiger charge is 2.11. The molecule has 112 valence electrons. The summed E-state index contributed by atoms with van der Waals surface area (Å²) in [5.41, 5.74) is 0.190. The van der Waals surface area contributed by atoms with Crippen molar-refractivity contribution in [3.63, 3.8) is 0 Å². The lowest BCUT2D eigenvalue weighted by molar-refractivity contribution is -0.137. The Balaban J connectivity index is 2.44. The molecule has 0 atom stereocenters. The van der Waals surface area contributed by atoms with Crippen LogP contribution in [0.5, 0.6) is 0 Å². The van der Waals surface area contributed by atoms with Crippen molar-refractivity contribution >= 4 is 21.7 Å². The smallest absolute Gasteiger partial charge is 0.303 e.